The summed E-state index contributed by atoms with van der Waals surface area (Å²) in [6.45, 7) is 0. The molecule has 0 fully saturated rings. The van der Waals surface area contributed by atoms with Crippen LogP contribution in [0, 0.1) is 11.6 Å². The number of carbonyl (C=O) groups excluding carboxylic acids is 1. The highest BCUT2D eigenvalue weighted by Crippen LogP contribution is 2.26. The molecule has 4 rings (SSSR count). The van der Waals surface area contributed by atoms with Crippen molar-refractivity contribution in [3.63, 3.8) is 0 Å². The van der Waals surface area contributed by atoms with Gasteiger partial charge in [-0.15, -0.1) is 0 Å². The van der Waals surface area contributed by atoms with Crippen LogP contribution >= 0.6 is 0 Å². The Morgan fingerprint density at radius 3 is 2.46 bits per heavy atom. The first-order valence-corrected chi connectivity index (χ1v) is 7.80. The minimum absolute atomic E-state index is 0.0317. The zero-order valence-corrected chi connectivity index (χ0v) is 13.4. The van der Waals surface area contributed by atoms with Gasteiger partial charge in [0.15, 0.2) is 23.7 Å². The Morgan fingerprint density at radius 2 is 1.62 bits per heavy atom. The number of carbonyl (C=O) groups is 1. The molecule has 6 heteroatoms. The standard InChI is InChI=1S/C20H11F2N3O/c21-18-13(11-26)8-9-14(19(18)22)16-6-3-7-17(24-16)20-23-10-12-4-1-2-5-15(12)25-20/h1-11H. The van der Waals surface area contributed by atoms with Crippen molar-refractivity contribution < 1.29 is 13.6 Å². The minimum atomic E-state index is -1.19. The maximum absolute atomic E-state index is 14.3. The van der Waals surface area contributed by atoms with Crippen LogP contribution in [0.3, 0.4) is 0 Å². The van der Waals surface area contributed by atoms with E-state index >= 15 is 0 Å². The lowest BCUT2D eigenvalue weighted by atomic mass is 10.1. The molecule has 0 spiro atoms. The molecule has 0 aliphatic heterocycles. The summed E-state index contributed by atoms with van der Waals surface area (Å²) in [7, 11) is 0. The number of nitrogens with zero attached hydrogens (tertiary/aromatic N) is 3. The smallest absolute Gasteiger partial charge is 0.178 e. The van der Waals surface area contributed by atoms with E-state index in [1.807, 2.05) is 24.3 Å². The van der Waals surface area contributed by atoms with Crippen LogP contribution in [0.5, 0.6) is 0 Å². The third kappa shape index (κ3) is 2.71. The summed E-state index contributed by atoms with van der Waals surface area (Å²) < 4.78 is 28.2. The van der Waals surface area contributed by atoms with Crippen molar-refractivity contribution in [2.45, 2.75) is 0 Å². The summed E-state index contributed by atoms with van der Waals surface area (Å²) in [4.78, 5) is 23.8. The summed E-state index contributed by atoms with van der Waals surface area (Å²) in [6.07, 6.45) is 1.96. The molecule has 0 aliphatic carbocycles. The summed E-state index contributed by atoms with van der Waals surface area (Å²) in [5.41, 5.74) is 1.06. The van der Waals surface area contributed by atoms with Crippen LogP contribution in [0.15, 0.2) is 60.8 Å². The third-order valence-corrected chi connectivity index (χ3v) is 3.98. The van der Waals surface area contributed by atoms with Gasteiger partial charge in [0.25, 0.3) is 0 Å². The molecule has 26 heavy (non-hydrogen) atoms. The summed E-state index contributed by atoms with van der Waals surface area (Å²) in [5.74, 6) is -1.92. The van der Waals surface area contributed by atoms with Crippen LogP contribution < -0.4 is 0 Å². The zero-order valence-electron chi connectivity index (χ0n) is 13.4. The van der Waals surface area contributed by atoms with E-state index in [-0.39, 0.29) is 23.1 Å². The number of pyridine rings is 1. The molecular formula is C20H11F2N3O. The van der Waals surface area contributed by atoms with Crippen LogP contribution in [0.25, 0.3) is 33.7 Å². The number of hydrogen-bond acceptors (Lipinski definition) is 4. The van der Waals surface area contributed by atoms with Gasteiger partial charge in [-0.05, 0) is 30.3 Å². The second kappa shape index (κ2) is 6.40. The molecule has 4 nitrogen and oxygen atoms in total. The molecule has 4 aromatic rings. The molecule has 0 atom stereocenters. The first-order valence-electron chi connectivity index (χ1n) is 7.80. The SMILES string of the molecule is O=Cc1ccc(-c2cccc(-c3ncc4ccccc4n3)n2)c(F)c1F. The quantitative estimate of drug-likeness (QED) is 0.514. The van der Waals surface area contributed by atoms with Gasteiger partial charge in [0.1, 0.15) is 5.69 Å². The monoisotopic (exact) mass is 347 g/mol. The van der Waals surface area contributed by atoms with Crippen LogP contribution in [0.1, 0.15) is 10.4 Å². The van der Waals surface area contributed by atoms with E-state index in [4.69, 9.17) is 0 Å². The van der Waals surface area contributed by atoms with E-state index in [0.717, 1.165) is 10.9 Å². The average Bonchev–Trinajstić information content (AvgIpc) is 2.70. The molecule has 2 heterocycles. The van der Waals surface area contributed by atoms with Gasteiger partial charge in [0.2, 0.25) is 0 Å². The Bertz CT molecular complexity index is 1140. The highest BCUT2D eigenvalue weighted by molar-refractivity contribution is 5.79. The molecule has 0 saturated carbocycles. The van der Waals surface area contributed by atoms with Crippen molar-refractivity contribution >= 4 is 17.2 Å². The maximum atomic E-state index is 14.3. The molecule has 0 saturated heterocycles. The van der Waals surface area contributed by atoms with Crippen molar-refractivity contribution in [2.75, 3.05) is 0 Å². The van der Waals surface area contributed by atoms with Gasteiger partial charge in [-0.25, -0.2) is 23.7 Å². The van der Waals surface area contributed by atoms with E-state index in [9.17, 15) is 13.6 Å². The number of aromatic nitrogens is 3. The molecule has 0 aliphatic rings. The maximum Gasteiger partial charge on any atom is 0.178 e. The minimum Gasteiger partial charge on any atom is -0.298 e. The number of aldehydes is 1. The fraction of sp³-hybridized carbons (Fsp3) is 0. The Labute approximate surface area is 147 Å². The molecule has 0 N–H and O–H groups in total. The Balaban J connectivity index is 1.82. The summed E-state index contributed by atoms with van der Waals surface area (Å²) in [5, 5.41) is 0.893. The van der Waals surface area contributed by atoms with Crippen molar-refractivity contribution in [1.29, 1.82) is 0 Å². The van der Waals surface area contributed by atoms with E-state index in [1.165, 1.54) is 12.1 Å². The van der Waals surface area contributed by atoms with E-state index < -0.39 is 11.6 Å². The molecule has 126 valence electrons. The van der Waals surface area contributed by atoms with Gasteiger partial charge in [-0.1, -0.05) is 24.3 Å². The molecule has 0 unspecified atom stereocenters. The van der Waals surface area contributed by atoms with E-state index in [2.05, 4.69) is 15.0 Å². The lowest BCUT2D eigenvalue weighted by Gasteiger charge is -2.07. The van der Waals surface area contributed by atoms with Gasteiger partial charge in [0, 0.05) is 17.1 Å². The van der Waals surface area contributed by atoms with E-state index in [0.29, 0.717) is 11.5 Å². The molecule has 2 aromatic carbocycles. The predicted molar refractivity (Wildman–Crippen MR) is 93.5 cm³/mol. The predicted octanol–water partition coefficient (Wildman–Crippen LogP) is 4.45. The lowest BCUT2D eigenvalue weighted by Crippen LogP contribution is -1.98. The summed E-state index contributed by atoms with van der Waals surface area (Å²) in [6, 6.07) is 15.0. The van der Waals surface area contributed by atoms with Gasteiger partial charge in [-0.2, -0.15) is 0 Å². The van der Waals surface area contributed by atoms with Gasteiger partial charge >= 0.3 is 0 Å². The van der Waals surface area contributed by atoms with Crippen molar-refractivity contribution in [3.05, 3.63) is 78.0 Å². The van der Waals surface area contributed by atoms with Gasteiger partial charge < -0.3 is 0 Å². The molecular weight excluding hydrogens is 336 g/mol. The van der Waals surface area contributed by atoms with Crippen LogP contribution in [0.2, 0.25) is 0 Å². The second-order valence-electron chi connectivity index (χ2n) is 5.61. The topological polar surface area (TPSA) is 55.7 Å². The molecule has 0 amide bonds. The molecule has 2 aromatic heterocycles. The Hall–Kier alpha value is -3.54. The highest BCUT2D eigenvalue weighted by Gasteiger charge is 2.16. The van der Waals surface area contributed by atoms with Crippen LogP contribution in [-0.2, 0) is 0 Å². The largest absolute Gasteiger partial charge is 0.298 e. The normalized spacial score (nSPS) is 10.8. The molecule has 0 bridgehead atoms. The fourth-order valence-corrected chi connectivity index (χ4v) is 2.66. The Kier molecular flexibility index (Phi) is 3.93. The number of benzene rings is 2. The Morgan fingerprint density at radius 1 is 0.808 bits per heavy atom. The number of rotatable bonds is 3. The van der Waals surface area contributed by atoms with Gasteiger partial charge in [0.05, 0.1) is 16.8 Å². The van der Waals surface area contributed by atoms with Crippen LogP contribution in [0.4, 0.5) is 8.78 Å². The first kappa shape index (κ1) is 16.0. The molecule has 0 radical (unpaired) electrons. The second-order valence-corrected chi connectivity index (χ2v) is 5.61. The lowest BCUT2D eigenvalue weighted by molar-refractivity contribution is 0.111. The zero-order chi connectivity index (χ0) is 18.1. The number of halogens is 2. The van der Waals surface area contributed by atoms with Crippen molar-refractivity contribution in [3.8, 4) is 22.8 Å². The first-order chi connectivity index (χ1) is 12.7. The van der Waals surface area contributed by atoms with Gasteiger partial charge in [-0.3, -0.25) is 4.79 Å². The van der Waals surface area contributed by atoms with Crippen LogP contribution in [-0.4, -0.2) is 21.2 Å². The van der Waals surface area contributed by atoms with Crippen molar-refractivity contribution in [1.82, 2.24) is 15.0 Å². The number of hydrogen-bond donors (Lipinski definition) is 0. The van der Waals surface area contributed by atoms with E-state index in [1.54, 1.807) is 24.4 Å². The summed E-state index contributed by atoms with van der Waals surface area (Å²) >= 11 is 0. The number of para-hydroxylation sites is 1. The average molecular weight is 347 g/mol. The van der Waals surface area contributed by atoms with Crippen molar-refractivity contribution in [2.24, 2.45) is 0 Å². The fourth-order valence-electron chi connectivity index (χ4n) is 2.66. The number of fused-ring (bicyclic) bond motifs is 1. The highest BCUT2D eigenvalue weighted by atomic mass is 19.2. The third-order valence-electron chi connectivity index (χ3n) is 3.98.